The van der Waals surface area contributed by atoms with E-state index in [0.29, 0.717) is 5.92 Å². The van der Waals surface area contributed by atoms with Gasteiger partial charge in [-0.1, -0.05) is 0 Å². The van der Waals surface area contributed by atoms with Gasteiger partial charge in [0, 0.05) is 30.9 Å². The normalized spacial score (nSPS) is 19.4. The highest BCUT2D eigenvalue weighted by molar-refractivity contribution is 7.09. The van der Waals surface area contributed by atoms with Gasteiger partial charge in [0.1, 0.15) is 11.6 Å². The van der Waals surface area contributed by atoms with Crippen LogP contribution in [-0.2, 0) is 20.1 Å². The monoisotopic (exact) mass is 418 g/mol. The number of aryl methyl sites for hydroxylation is 1. The molecule has 9 heteroatoms. The Morgan fingerprint density at radius 2 is 2.04 bits per heavy atom. The highest BCUT2D eigenvalue weighted by Gasteiger charge is 2.30. The van der Waals surface area contributed by atoms with Crippen LogP contribution in [0.2, 0.25) is 0 Å². The lowest BCUT2D eigenvalue weighted by Crippen LogP contribution is -2.31. The minimum Gasteiger partial charge on any atom is -0.317 e. The predicted molar refractivity (Wildman–Crippen MR) is 109 cm³/mol. The molecule has 1 saturated heterocycles. The number of nitrogens with one attached hydrogen (secondary N) is 1. The maximum absolute atomic E-state index is 4.49. The van der Waals surface area contributed by atoms with Gasteiger partial charge in [0.05, 0.1) is 17.7 Å². The van der Waals surface area contributed by atoms with Crippen molar-refractivity contribution in [2.24, 2.45) is 13.0 Å². The molecule has 1 N–H and O–H groups in total. The van der Waals surface area contributed by atoms with Gasteiger partial charge in [-0.15, -0.1) is 46.3 Å². The van der Waals surface area contributed by atoms with Crippen molar-refractivity contribution in [3.05, 3.63) is 27.7 Å². The van der Waals surface area contributed by atoms with Gasteiger partial charge in [0.15, 0.2) is 0 Å². The quantitative estimate of drug-likeness (QED) is 0.748. The third-order valence-electron chi connectivity index (χ3n) is 5.20. The van der Waals surface area contributed by atoms with E-state index in [2.05, 4.69) is 43.9 Å². The molecule has 1 saturated carbocycles. The zero-order valence-electron chi connectivity index (χ0n) is 15.3. The fraction of sp³-hybridized carbons (Fsp3) is 0.706. The first-order valence-electron chi connectivity index (χ1n) is 8.91. The molecular formula is C17H28Cl2N6S. The van der Waals surface area contributed by atoms with Gasteiger partial charge in [-0.2, -0.15) is 0 Å². The second-order valence-corrected chi connectivity index (χ2v) is 8.14. The molecule has 1 atom stereocenters. The second-order valence-electron chi connectivity index (χ2n) is 7.20. The number of hydrogen-bond acceptors (Lipinski definition) is 6. The van der Waals surface area contributed by atoms with E-state index in [9.17, 15) is 0 Å². The molecule has 2 aliphatic rings. The molecular weight excluding hydrogens is 391 g/mol. The fourth-order valence-electron chi connectivity index (χ4n) is 3.51. The van der Waals surface area contributed by atoms with Crippen molar-refractivity contribution in [1.29, 1.82) is 0 Å². The van der Waals surface area contributed by atoms with E-state index in [1.54, 1.807) is 11.3 Å². The standard InChI is InChI=1S/C17H26N6S.2ClH/c1-12-15(24-11-19-12)9-23(8-13-5-6-18-7-13)10-16-20-21-17(22(16)2)14-3-4-14;;/h11,13-14,18H,3-10H2,1-2H3;2*1H. The number of thiazole rings is 1. The summed E-state index contributed by atoms with van der Waals surface area (Å²) >= 11 is 1.76. The van der Waals surface area contributed by atoms with Crippen molar-refractivity contribution >= 4 is 36.2 Å². The lowest BCUT2D eigenvalue weighted by Gasteiger charge is -2.24. The SMILES string of the molecule is Cc1ncsc1CN(Cc1nnc(C2CC2)n1C)CC1CCNC1.Cl.Cl. The van der Waals surface area contributed by atoms with Crippen LogP contribution >= 0.6 is 36.2 Å². The molecule has 0 spiro atoms. The zero-order chi connectivity index (χ0) is 16.5. The molecule has 2 fully saturated rings. The molecule has 2 aromatic heterocycles. The lowest BCUT2D eigenvalue weighted by atomic mass is 10.1. The molecule has 26 heavy (non-hydrogen) atoms. The van der Waals surface area contributed by atoms with E-state index < -0.39 is 0 Å². The third-order valence-corrected chi connectivity index (χ3v) is 6.12. The van der Waals surface area contributed by atoms with Gasteiger partial charge in [0.25, 0.3) is 0 Å². The maximum Gasteiger partial charge on any atom is 0.146 e. The second kappa shape index (κ2) is 9.46. The summed E-state index contributed by atoms with van der Waals surface area (Å²) in [6.07, 6.45) is 3.80. The molecule has 146 valence electrons. The van der Waals surface area contributed by atoms with Crippen LogP contribution in [0.25, 0.3) is 0 Å². The third kappa shape index (κ3) is 4.95. The Kier molecular flexibility index (Phi) is 7.85. The molecule has 2 aromatic rings. The van der Waals surface area contributed by atoms with Crippen molar-refractivity contribution in [2.75, 3.05) is 19.6 Å². The van der Waals surface area contributed by atoms with Crippen molar-refractivity contribution in [3.8, 4) is 0 Å². The lowest BCUT2D eigenvalue weighted by molar-refractivity contribution is 0.214. The highest BCUT2D eigenvalue weighted by atomic mass is 35.5. The zero-order valence-corrected chi connectivity index (χ0v) is 17.8. The number of halogens is 2. The Bertz CT molecular complexity index is 693. The molecule has 0 radical (unpaired) electrons. The predicted octanol–water partition coefficient (Wildman–Crippen LogP) is 2.91. The fourth-order valence-corrected chi connectivity index (χ4v) is 4.33. The van der Waals surface area contributed by atoms with Crippen LogP contribution in [0.5, 0.6) is 0 Å². The van der Waals surface area contributed by atoms with E-state index in [1.807, 2.05) is 5.51 Å². The maximum atomic E-state index is 4.49. The van der Waals surface area contributed by atoms with Gasteiger partial charge >= 0.3 is 0 Å². The van der Waals surface area contributed by atoms with E-state index >= 15 is 0 Å². The van der Waals surface area contributed by atoms with Crippen molar-refractivity contribution in [1.82, 2.24) is 30.0 Å². The molecule has 4 rings (SSSR count). The topological polar surface area (TPSA) is 58.9 Å². The Hall–Kier alpha value is -0.730. The molecule has 1 aliphatic heterocycles. The summed E-state index contributed by atoms with van der Waals surface area (Å²) in [7, 11) is 2.12. The van der Waals surface area contributed by atoms with Crippen molar-refractivity contribution < 1.29 is 0 Å². The van der Waals surface area contributed by atoms with Crippen LogP contribution < -0.4 is 5.32 Å². The van der Waals surface area contributed by atoms with E-state index in [1.165, 1.54) is 30.0 Å². The molecule has 0 aromatic carbocycles. The Morgan fingerprint density at radius 1 is 1.23 bits per heavy atom. The van der Waals surface area contributed by atoms with Crippen LogP contribution in [0.15, 0.2) is 5.51 Å². The van der Waals surface area contributed by atoms with E-state index in [-0.39, 0.29) is 24.8 Å². The number of rotatable bonds is 7. The van der Waals surface area contributed by atoms with Crippen LogP contribution in [0.1, 0.15) is 47.4 Å². The van der Waals surface area contributed by atoms with Crippen LogP contribution in [0, 0.1) is 12.8 Å². The van der Waals surface area contributed by atoms with Gasteiger partial charge in [0.2, 0.25) is 0 Å². The van der Waals surface area contributed by atoms with Crippen molar-refractivity contribution in [3.63, 3.8) is 0 Å². The summed E-state index contributed by atoms with van der Waals surface area (Å²) in [5.74, 6) is 3.63. The van der Waals surface area contributed by atoms with Gasteiger partial charge in [-0.3, -0.25) is 4.90 Å². The highest BCUT2D eigenvalue weighted by Crippen LogP contribution is 2.38. The first kappa shape index (κ1) is 21.6. The Labute approximate surface area is 171 Å². The number of hydrogen-bond donors (Lipinski definition) is 1. The number of nitrogens with zero attached hydrogens (tertiary/aromatic N) is 5. The van der Waals surface area contributed by atoms with Crippen LogP contribution in [0.3, 0.4) is 0 Å². The van der Waals surface area contributed by atoms with Crippen molar-refractivity contribution in [2.45, 2.75) is 45.2 Å². The Balaban J connectivity index is 0.00000121. The molecule has 0 amide bonds. The van der Waals surface area contributed by atoms with E-state index in [4.69, 9.17) is 0 Å². The summed E-state index contributed by atoms with van der Waals surface area (Å²) in [5, 5.41) is 12.4. The summed E-state index contributed by atoms with van der Waals surface area (Å²) in [5.41, 5.74) is 3.11. The van der Waals surface area contributed by atoms with Crippen LogP contribution in [-0.4, -0.2) is 44.3 Å². The Morgan fingerprint density at radius 3 is 2.65 bits per heavy atom. The average molecular weight is 419 g/mol. The summed E-state index contributed by atoms with van der Waals surface area (Å²) < 4.78 is 2.22. The van der Waals surface area contributed by atoms with Gasteiger partial charge < -0.3 is 9.88 Å². The first-order valence-corrected chi connectivity index (χ1v) is 9.79. The smallest absolute Gasteiger partial charge is 0.146 e. The minimum absolute atomic E-state index is 0. The molecule has 0 bridgehead atoms. The summed E-state index contributed by atoms with van der Waals surface area (Å²) in [6.45, 7) is 7.31. The van der Waals surface area contributed by atoms with Gasteiger partial charge in [-0.05, 0) is 45.2 Å². The number of aromatic nitrogens is 4. The van der Waals surface area contributed by atoms with Crippen LogP contribution in [0.4, 0.5) is 0 Å². The molecule has 1 unspecified atom stereocenters. The molecule has 1 aliphatic carbocycles. The van der Waals surface area contributed by atoms with E-state index in [0.717, 1.165) is 50.2 Å². The molecule has 3 heterocycles. The summed E-state index contributed by atoms with van der Waals surface area (Å²) in [6, 6.07) is 0. The molecule has 6 nitrogen and oxygen atoms in total. The van der Waals surface area contributed by atoms with Gasteiger partial charge in [-0.25, -0.2) is 4.98 Å². The first-order chi connectivity index (χ1) is 11.7. The average Bonchev–Trinajstić information content (AvgIpc) is 2.94. The summed E-state index contributed by atoms with van der Waals surface area (Å²) in [4.78, 5) is 8.30. The largest absolute Gasteiger partial charge is 0.317 e. The minimum atomic E-state index is 0.